The third-order valence-corrected chi connectivity index (χ3v) is 2.61. The lowest BCUT2D eigenvalue weighted by Crippen LogP contribution is -2.23. The van der Waals surface area contributed by atoms with E-state index in [1.165, 1.54) is 5.56 Å². The van der Waals surface area contributed by atoms with Crippen LogP contribution in [0.5, 0.6) is 0 Å². The minimum Gasteiger partial charge on any atom is -0.391 e. The topological polar surface area (TPSA) is 58.3 Å². The molecule has 0 bridgehead atoms. The number of hydrogen-bond acceptors (Lipinski definition) is 3. The molecule has 0 aliphatic heterocycles. The van der Waals surface area contributed by atoms with E-state index in [2.05, 4.69) is 25.2 Å². The predicted octanol–water partition coefficient (Wildman–Crippen LogP) is 1.93. The summed E-state index contributed by atoms with van der Waals surface area (Å²) < 4.78 is 0. The highest BCUT2D eigenvalue weighted by Crippen LogP contribution is 2.23. The molecule has 4 N–H and O–H groups in total. The van der Waals surface area contributed by atoms with E-state index in [1.54, 1.807) is 0 Å². The normalized spacial score (nSPS) is 12.8. The van der Waals surface area contributed by atoms with Gasteiger partial charge in [-0.15, -0.1) is 0 Å². The Morgan fingerprint density at radius 1 is 1.31 bits per heavy atom. The monoisotopic (exact) mass is 222 g/mol. The highest BCUT2D eigenvalue weighted by Gasteiger charge is 2.07. The molecule has 16 heavy (non-hydrogen) atoms. The van der Waals surface area contributed by atoms with Crippen LogP contribution in [0.15, 0.2) is 24.3 Å². The molecular weight excluding hydrogens is 200 g/mol. The molecule has 0 saturated carbocycles. The van der Waals surface area contributed by atoms with Gasteiger partial charge in [-0.1, -0.05) is 32.0 Å². The summed E-state index contributed by atoms with van der Waals surface area (Å²) in [5, 5.41) is 12.9. The number of anilines is 1. The Labute approximate surface area is 97.7 Å². The summed E-state index contributed by atoms with van der Waals surface area (Å²) in [7, 11) is 0. The standard InChI is InChI=1S/C13H22N2O/c1-10(2)12-5-3-4-6-13(12)15-9-11(16)7-8-14/h3-6,10-11,15-16H,7-9,14H2,1-2H3. The quantitative estimate of drug-likeness (QED) is 0.689. The van der Waals surface area contributed by atoms with E-state index in [9.17, 15) is 5.11 Å². The van der Waals surface area contributed by atoms with Gasteiger partial charge in [-0.3, -0.25) is 0 Å². The van der Waals surface area contributed by atoms with Crippen LogP contribution in [-0.4, -0.2) is 24.3 Å². The first kappa shape index (κ1) is 13.0. The molecule has 0 spiro atoms. The van der Waals surface area contributed by atoms with Gasteiger partial charge in [0.25, 0.3) is 0 Å². The Morgan fingerprint density at radius 3 is 2.62 bits per heavy atom. The van der Waals surface area contributed by atoms with E-state index < -0.39 is 0 Å². The highest BCUT2D eigenvalue weighted by atomic mass is 16.3. The zero-order valence-electron chi connectivity index (χ0n) is 10.1. The molecule has 0 heterocycles. The van der Waals surface area contributed by atoms with Crippen molar-refractivity contribution in [2.45, 2.75) is 32.3 Å². The minimum absolute atomic E-state index is 0.370. The SMILES string of the molecule is CC(C)c1ccccc1NCC(O)CCN. The number of para-hydroxylation sites is 1. The molecule has 1 unspecified atom stereocenters. The Hall–Kier alpha value is -1.06. The zero-order valence-corrected chi connectivity index (χ0v) is 10.1. The lowest BCUT2D eigenvalue weighted by atomic mass is 10.0. The van der Waals surface area contributed by atoms with E-state index in [0.717, 1.165) is 5.69 Å². The van der Waals surface area contributed by atoms with Crippen molar-refractivity contribution in [3.05, 3.63) is 29.8 Å². The zero-order chi connectivity index (χ0) is 12.0. The molecule has 3 heteroatoms. The molecule has 0 aliphatic carbocycles. The second kappa shape index (κ2) is 6.51. The van der Waals surface area contributed by atoms with Gasteiger partial charge in [0.15, 0.2) is 0 Å². The number of aliphatic hydroxyl groups is 1. The van der Waals surface area contributed by atoms with Crippen LogP contribution in [0, 0.1) is 0 Å². The maximum Gasteiger partial charge on any atom is 0.0724 e. The van der Waals surface area contributed by atoms with Crippen molar-refractivity contribution < 1.29 is 5.11 Å². The maximum absolute atomic E-state index is 9.60. The molecule has 0 fully saturated rings. The third-order valence-electron chi connectivity index (χ3n) is 2.61. The van der Waals surface area contributed by atoms with Crippen LogP contribution >= 0.6 is 0 Å². The predicted molar refractivity (Wildman–Crippen MR) is 68.7 cm³/mol. The molecule has 1 aromatic rings. The van der Waals surface area contributed by atoms with Crippen molar-refractivity contribution in [3.8, 4) is 0 Å². The van der Waals surface area contributed by atoms with Crippen LogP contribution in [-0.2, 0) is 0 Å². The Kier molecular flexibility index (Phi) is 5.29. The van der Waals surface area contributed by atoms with Crippen molar-refractivity contribution >= 4 is 5.69 Å². The van der Waals surface area contributed by atoms with E-state index in [1.807, 2.05) is 18.2 Å². The Balaban J connectivity index is 2.59. The first-order chi connectivity index (χ1) is 7.65. The lowest BCUT2D eigenvalue weighted by molar-refractivity contribution is 0.180. The van der Waals surface area contributed by atoms with Gasteiger partial charge in [-0.2, -0.15) is 0 Å². The molecule has 1 rings (SSSR count). The van der Waals surface area contributed by atoms with Crippen molar-refractivity contribution in [1.82, 2.24) is 0 Å². The number of benzene rings is 1. The molecule has 0 aromatic heterocycles. The van der Waals surface area contributed by atoms with Crippen LogP contribution in [0.4, 0.5) is 5.69 Å². The van der Waals surface area contributed by atoms with Crippen molar-refractivity contribution in [3.63, 3.8) is 0 Å². The summed E-state index contributed by atoms with van der Waals surface area (Å²) in [6, 6.07) is 8.20. The molecule has 90 valence electrons. The van der Waals surface area contributed by atoms with Crippen molar-refractivity contribution in [2.75, 3.05) is 18.4 Å². The first-order valence-electron chi connectivity index (χ1n) is 5.86. The third kappa shape index (κ3) is 3.83. The Bertz CT molecular complexity index is 313. The molecule has 0 aliphatic rings. The minimum atomic E-state index is -0.370. The summed E-state index contributed by atoms with van der Waals surface area (Å²) in [6.45, 7) is 5.41. The molecule has 0 radical (unpaired) electrons. The van der Waals surface area contributed by atoms with Gasteiger partial charge in [-0.05, 0) is 30.5 Å². The van der Waals surface area contributed by atoms with Gasteiger partial charge >= 0.3 is 0 Å². The average Bonchev–Trinajstić information content (AvgIpc) is 2.27. The fourth-order valence-electron chi connectivity index (χ4n) is 1.68. The van der Waals surface area contributed by atoms with Crippen LogP contribution in [0.2, 0.25) is 0 Å². The fraction of sp³-hybridized carbons (Fsp3) is 0.538. The van der Waals surface area contributed by atoms with Gasteiger partial charge in [0.05, 0.1) is 6.10 Å². The summed E-state index contributed by atoms with van der Waals surface area (Å²) in [6.07, 6.45) is 0.266. The first-order valence-corrected chi connectivity index (χ1v) is 5.86. The smallest absolute Gasteiger partial charge is 0.0724 e. The summed E-state index contributed by atoms with van der Waals surface area (Å²) in [5.41, 5.74) is 7.77. The Morgan fingerprint density at radius 2 is 2.00 bits per heavy atom. The van der Waals surface area contributed by atoms with E-state index in [0.29, 0.717) is 25.4 Å². The average molecular weight is 222 g/mol. The van der Waals surface area contributed by atoms with Crippen molar-refractivity contribution in [2.24, 2.45) is 5.73 Å². The molecule has 3 nitrogen and oxygen atoms in total. The summed E-state index contributed by atoms with van der Waals surface area (Å²) in [5.74, 6) is 0.482. The fourth-order valence-corrected chi connectivity index (χ4v) is 1.68. The molecule has 1 atom stereocenters. The largest absolute Gasteiger partial charge is 0.391 e. The van der Waals surface area contributed by atoms with Gasteiger partial charge in [0.2, 0.25) is 0 Å². The van der Waals surface area contributed by atoms with Gasteiger partial charge < -0.3 is 16.2 Å². The highest BCUT2D eigenvalue weighted by molar-refractivity contribution is 5.52. The summed E-state index contributed by atoms with van der Waals surface area (Å²) in [4.78, 5) is 0. The van der Waals surface area contributed by atoms with Crippen LogP contribution < -0.4 is 11.1 Å². The summed E-state index contributed by atoms with van der Waals surface area (Å²) >= 11 is 0. The maximum atomic E-state index is 9.60. The van der Waals surface area contributed by atoms with E-state index in [4.69, 9.17) is 5.73 Å². The van der Waals surface area contributed by atoms with Gasteiger partial charge in [-0.25, -0.2) is 0 Å². The van der Waals surface area contributed by atoms with Gasteiger partial charge in [0, 0.05) is 12.2 Å². The molecular formula is C13H22N2O. The van der Waals surface area contributed by atoms with Crippen LogP contribution in [0.25, 0.3) is 0 Å². The van der Waals surface area contributed by atoms with Gasteiger partial charge in [0.1, 0.15) is 0 Å². The van der Waals surface area contributed by atoms with Crippen LogP contribution in [0.3, 0.4) is 0 Å². The number of rotatable bonds is 6. The lowest BCUT2D eigenvalue weighted by Gasteiger charge is -2.16. The number of aliphatic hydroxyl groups excluding tert-OH is 1. The number of nitrogens with two attached hydrogens (primary N) is 1. The van der Waals surface area contributed by atoms with E-state index >= 15 is 0 Å². The van der Waals surface area contributed by atoms with E-state index in [-0.39, 0.29) is 6.10 Å². The molecule has 0 amide bonds. The molecule has 1 aromatic carbocycles. The second-order valence-corrected chi connectivity index (χ2v) is 4.35. The van der Waals surface area contributed by atoms with Crippen LogP contribution in [0.1, 0.15) is 31.7 Å². The second-order valence-electron chi connectivity index (χ2n) is 4.35. The number of nitrogens with one attached hydrogen (secondary N) is 1. The van der Waals surface area contributed by atoms with Crippen molar-refractivity contribution in [1.29, 1.82) is 0 Å². The number of hydrogen-bond donors (Lipinski definition) is 3. The molecule has 0 saturated heterocycles.